The molecule has 5 rings (SSSR count). The van der Waals surface area contributed by atoms with Crippen molar-refractivity contribution in [2.75, 3.05) is 9.80 Å². The van der Waals surface area contributed by atoms with Crippen LogP contribution in [0.15, 0.2) is 130 Å². The maximum Gasteiger partial charge on any atom is 0.0463 e. The van der Waals surface area contributed by atoms with Gasteiger partial charge in [-0.2, -0.15) is 0 Å². The van der Waals surface area contributed by atoms with Crippen LogP contribution in [-0.2, 0) is 0 Å². The SMILES string of the molecule is C#CC#Cc1ccc(N(c2ccc(Br)cc2)c2ccc(N(c3ccc(C)cc3)c3ccc(Br)cc3)cc2)cc1. The Morgan fingerprint density at radius 1 is 0.487 bits per heavy atom. The van der Waals surface area contributed by atoms with Gasteiger partial charge >= 0.3 is 0 Å². The third kappa shape index (κ3) is 6.27. The van der Waals surface area contributed by atoms with Crippen LogP contribution in [0.5, 0.6) is 0 Å². The Balaban J connectivity index is 1.56. The average Bonchev–Trinajstić information content (AvgIpc) is 2.97. The van der Waals surface area contributed by atoms with Gasteiger partial charge in [-0.25, -0.2) is 0 Å². The standard InChI is InChI=1S/C35H24Br2N2/c1-3-4-5-27-8-16-31(17-9-27)39(33-20-12-29(37)13-21-33)35-24-22-34(23-25-35)38(30-14-6-26(2)7-15-30)32-18-10-28(36)11-19-32/h1,6-25H,2H3. The Kier molecular flexibility index (Phi) is 8.18. The van der Waals surface area contributed by atoms with E-state index < -0.39 is 0 Å². The van der Waals surface area contributed by atoms with E-state index in [0.717, 1.165) is 48.6 Å². The van der Waals surface area contributed by atoms with Crippen molar-refractivity contribution in [2.45, 2.75) is 6.92 Å². The van der Waals surface area contributed by atoms with Gasteiger partial charge < -0.3 is 9.80 Å². The van der Waals surface area contributed by atoms with Crippen LogP contribution in [0.25, 0.3) is 0 Å². The lowest BCUT2D eigenvalue weighted by atomic mass is 10.1. The molecule has 0 N–H and O–H groups in total. The van der Waals surface area contributed by atoms with Crippen LogP contribution in [0.3, 0.4) is 0 Å². The second-order valence-corrected chi connectivity index (χ2v) is 10.7. The highest BCUT2D eigenvalue weighted by atomic mass is 79.9. The molecular weight excluding hydrogens is 608 g/mol. The molecule has 0 fully saturated rings. The van der Waals surface area contributed by atoms with E-state index in [9.17, 15) is 0 Å². The highest BCUT2D eigenvalue weighted by Gasteiger charge is 2.16. The van der Waals surface area contributed by atoms with Crippen molar-refractivity contribution in [2.24, 2.45) is 0 Å². The molecule has 0 radical (unpaired) electrons. The summed E-state index contributed by atoms with van der Waals surface area (Å²) >= 11 is 7.13. The molecule has 0 unspecified atom stereocenters. The third-order valence-corrected chi connectivity index (χ3v) is 7.29. The van der Waals surface area contributed by atoms with Gasteiger partial charge in [-0.3, -0.25) is 0 Å². The summed E-state index contributed by atoms with van der Waals surface area (Å²) in [5.74, 6) is 8.04. The number of nitrogens with zero attached hydrogens (tertiary/aromatic N) is 2. The average molecular weight is 632 g/mol. The van der Waals surface area contributed by atoms with E-state index in [1.807, 2.05) is 12.1 Å². The van der Waals surface area contributed by atoms with E-state index in [0.29, 0.717) is 0 Å². The van der Waals surface area contributed by atoms with Crippen molar-refractivity contribution in [3.63, 3.8) is 0 Å². The van der Waals surface area contributed by atoms with Crippen LogP contribution in [-0.4, -0.2) is 0 Å². The molecule has 39 heavy (non-hydrogen) atoms. The van der Waals surface area contributed by atoms with Crippen molar-refractivity contribution in [1.29, 1.82) is 0 Å². The highest BCUT2D eigenvalue weighted by molar-refractivity contribution is 9.10. The second kappa shape index (κ2) is 12.1. The van der Waals surface area contributed by atoms with Gasteiger partial charge in [0.25, 0.3) is 0 Å². The fourth-order valence-corrected chi connectivity index (χ4v) is 4.85. The zero-order valence-electron chi connectivity index (χ0n) is 21.3. The molecule has 0 atom stereocenters. The summed E-state index contributed by atoms with van der Waals surface area (Å²) < 4.78 is 2.08. The summed E-state index contributed by atoms with van der Waals surface area (Å²) in [4.78, 5) is 4.49. The fourth-order valence-electron chi connectivity index (χ4n) is 4.32. The minimum Gasteiger partial charge on any atom is -0.311 e. The number of halogens is 2. The largest absolute Gasteiger partial charge is 0.311 e. The molecule has 5 aromatic rings. The minimum atomic E-state index is 0.881. The quantitative estimate of drug-likeness (QED) is 0.172. The van der Waals surface area contributed by atoms with E-state index in [4.69, 9.17) is 6.42 Å². The molecule has 0 saturated carbocycles. The normalized spacial score (nSPS) is 10.2. The predicted molar refractivity (Wildman–Crippen MR) is 172 cm³/mol. The summed E-state index contributed by atoms with van der Waals surface area (Å²) in [6.07, 6.45) is 5.30. The number of terminal acetylenes is 1. The number of hydrogen-bond acceptors (Lipinski definition) is 2. The molecule has 0 aromatic heterocycles. The maximum atomic E-state index is 5.30. The van der Waals surface area contributed by atoms with Gasteiger partial charge in [-0.05, 0) is 128 Å². The number of anilines is 6. The molecule has 0 saturated heterocycles. The molecule has 0 heterocycles. The third-order valence-electron chi connectivity index (χ3n) is 6.23. The van der Waals surface area contributed by atoms with Crippen molar-refractivity contribution >= 4 is 66.0 Å². The molecule has 0 amide bonds. The lowest BCUT2D eigenvalue weighted by Gasteiger charge is -2.28. The first kappa shape index (κ1) is 26.4. The lowest BCUT2D eigenvalue weighted by molar-refractivity contribution is 1.25. The van der Waals surface area contributed by atoms with E-state index in [1.165, 1.54) is 5.56 Å². The lowest BCUT2D eigenvalue weighted by Crippen LogP contribution is -2.12. The first-order valence-corrected chi connectivity index (χ1v) is 14.0. The van der Waals surface area contributed by atoms with E-state index in [-0.39, 0.29) is 0 Å². The summed E-state index contributed by atoms with van der Waals surface area (Å²) in [5.41, 5.74) is 8.49. The van der Waals surface area contributed by atoms with Gasteiger partial charge in [-0.1, -0.05) is 55.5 Å². The summed E-state index contributed by atoms with van der Waals surface area (Å²) in [5, 5.41) is 0. The molecule has 0 bridgehead atoms. The summed E-state index contributed by atoms with van der Waals surface area (Å²) in [6, 6.07) is 42.0. The van der Waals surface area contributed by atoms with Crippen LogP contribution in [0, 0.1) is 31.1 Å². The first-order chi connectivity index (χ1) is 19.0. The first-order valence-electron chi connectivity index (χ1n) is 12.4. The molecule has 0 aliphatic heterocycles. The van der Waals surface area contributed by atoms with Gasteiger partial charge in [0.1, 0.15) is 0 Å². The van der Waals surface area contributed by atoms with Gasteiger partial charge in [0.15, 0.2) is 0 Å². The van der Waals surface area contributed by atoms with E-state index in [2.05, 4.69) is 176 Å². The summed E-state index contributed by atoms with van der Waals surface area (Å²) in [6.45, 7) is 2.10. The van der Waals surface area contributed by atoms with Crippen molar-refractivity contribution in [3.05, 3.63) is 141 Å². The molecule has 188 valence electrons. The maximum absolute atomic E-state index is 5.30. The molecule has 0 aliphatic carbocycles. The van der Waals surface area contributed by atoms with Crippen LogP contribution < -0.4 is 9.80 Å². The number of benzene rings is 5. The van der Waals surface area contributed by atoms with Crippen LogP contribution in [0.2, 0.25) is 0 Å². The smallest absolute Gasteiger partial charge is 0.0463 e. The Labute approximate surface area is 247 Å². The zero-order valence-corrected chi connectivity index (χ0v) is 24.4. The summed E-state index contributed by atoms with van der Waals surface area (Å²) in [7, 11) is 0. The Bertz CT molecular complexity index is 1610. The van der Waals surface area contributed by atoms with Crippen molar-refractivity contribution in [3.8, 4) is 24.2 Å². The predicted octanol–water partition coefficient (Wildman–Crippen LogP) is 10.4. The van der Waals surface area contributed by atoms with Crippen LogP contribution in [0.4, 0.5) is 34.1 Å². The Morgan fingerprint density at radius 3 is 1.15 bits per heavy atom. The topological polar surface area (TPSA) is 6.48 Å². The van der Waals surface area contributed by atoms with Crippen LogP contribution in [0.1, 0.15) is 11.1 Å². The fraction of sp³-hybridized carbons (Fsp3) is 0.0286. The Morgan fingerprint density at radius 2 is 0.795 bits per heavy atom. The van der Waals surface area contributed by atoms with Crippen molar-refractivity contribution in [1.82, 2.24) is 0 Å². The highest BCUT2D eigenvalue weighted by Crippen LogP contribution is 2.39. The van der Waals surface area contributed by atoms with Gasteiger partial charge in [0.2, 0.25) is 0 Å². The zero-order chi connectivity index (χ0) is 27.2. The molecule has 0 aliphatic rings. The Hall–Kier alpha value is -4.22. The van der Waals surface area contributed by atoms with Gasteiger partial charge in [0.05, 0.1) is 0 Å². The second-order valence-electron chi connectivity index (χ2n) is 8.92. The minimum absolute atomic E-state index is 0.881. The molecular formula is C35H24Br2N2. The number of hydrogen-bond donors (Lipinski definition) is 0. The van der Waals surface area contributed by atoms with E-state index in [1.54, 1.807) is 0 Å². The number of aryl methyl sites for hydroxylation is 1. The molecule has 0 spiro atoms. The van der Waals surface area contributed by atoms with E-state index >= 15 is 0 Å². The van der Waals surface area contributed by atoms with Gasteiger partial charge in [0, 0.05) is 48.6 Å². The molecule has 2 nitrogen and oxygen atoms in total. The van der Waals surface area contributed by atoms with Crippen LogP contribution >= 0.6 is 31.9 Å². The van der Waals surface area contributed by atoms with Gasteiger partial charge in [-0.15, -0.1) is 6.42 Å². The molecule has 4 heteroatoms. The number of rotatable bonds is 6. The molecule has 5 aromatic carbocycles. The monoisotopic (exact) mass is 630 g/mol. The van der Waals surface area contributed by atoms with Crippen molar-refractivity contribution < 1.29 is 0 Å².